The number of nitrogens with one attached hydrogen (secondary N) is 2. The molecule has 0 unspecified atom stereocenters. The molecule has 0 fully saturated rings. The van der Waals surface area contributed by atoms with Gasteiger partial charge >= 0.3 is 5.69 Å². The Morgan fingerprint density at radius 3 is 2.79 bits per heavy atom. The maximum absolute atomic E-state index is 11.8. The van der Waals surface area contributed by atoms with E-state index >= 15 is 0 Å². The van der Waals surface area contributed by atoms with Crippen LogP contribution in [0.3, 0.4) is 0 Å². The Labute approximate surface area is 110 Å². The van der Waals surface area contributed by atoms with Gasteiger partial charge in [-0.25, -0.2) is 15.2 Å². The van der Waals surface area contributed by atoms with Crippen LogP contribution in [0.5, 0.6) is 0 Å². The van der Waals surface area contributed by atoms with Crippen LogP contribution in [0, 0.1) is 0 Å². The molecule has 1 aromatic heterocycles. The Balaban J connectivity index is 2.07. The smallest absolute Gasteiger partial charge is 0.289 e. The lowest BCUT2D eigenvalue weighted by Gasteiger charge is -2.07. The van der Waals surface area contributed by atoms with E-state index in [1.54, 1.807) is 6.08 Å². The van der Waals surface area contributed by atoms with E-state index in [0.717, 1.165) is 5.56 Å². The van der Waals surface area contributed by atoms with Gasteiger partial charge in [-0.3, -0.25) is 9.99 Å². The minimum absolute atomic E-state index is 0.246. The highest BCUT2D eigenvalue weighted by Gasteiger charge is 2.01. The molecule has 0 radical (unpaired) electrons. The van der Waals surface area contributed by atoms with Gasteiger partial charge < -0.3 is 0 Å². The molecular weight excluding hydrogens is 242 g/mol. The van der Waals surface area contributed by atoms with Gasteiger partial charge in [0, 0.05) is 6.54 Å². The number of nitrogens with zero attached hydrogens (tertiary/aromatic N) is 3. The van der Waals surface area contributed by atoms with Crippen LogP contribution in [0.1, 0.15) is 5.56 Å². The third-order valence-corrected chi connectivity index (χ3v) is 2.41. The van der Waals surface area contributed by atoms with Crippen LogP contribution in [0.2, 0.25) is 0 Å². The van der Waals surface area contributed by atoms with Crippen molar-refractivity contribution in [2.24, 2.45) is 0 Å². The van der Waals surface area contributed by atoms with Crippen molar-refractivity contribution in [3.05, 3.63) is 65.4 Å². The van der Waals surface area contributed by atoms with Crippen LogP contribution >= 0.6 is 0 Å². The SMILES string of the molecule is C=CCNNc1ncn(Cc2ccccc2)c(=O)n1. The number of rotatable bonds is 6. The second-order valence-electron chi connectivity index (χ2n) is 3.87. The number of benzene rings is 1. The molecular formula is C13H15N5O. The summed E-state index contributed by atoms with van der Waals surface area (Å²) in [6, 6.07) is 9.68. The Kier molecular flexibility index (Phi) is 4.41. The fourth-order valence-corrected chi connectivity index (χ4v) is 1.51. The van der Waals surface area contributed by atoms with Crippen LogP contribution in [-0.4, -0.2) is 21.1 Å². The molecule has 1 aromatic carbocycles. The average molecular weight is 257 g/mol. The lowest BCUT2D eigenvalue weighted by atomic mass is 10.2. The van der Waals surface area contributed by atoms with Crippen molar-refractivity contribution in [3.8, 4) is 0 Å². The molecule has 0 aliphatic heterocycles. The van der Waals surface area contributed by atoms with Crippen molar-refractivity contribution < 1.29 is 0 Å². The van der Waals surface area contributed by atoms with Gasteiger partial charge in [0.15, 0.2) is 0 Å². The van der Waals surface area contributed by atoms with E-state index in [1.165, 1.54) is 10.9 Å². The molecule has 0 amide bonds. The summed E-state index contributed by atoms with van der Waals surface area (Å²) < 4.78 is 1.45. The van der Waals surface area contributed by atoms with Crippen molar-refractivity contribution in [1.29, 1.82) is 0 Å². The van der Waals surface area contributed by atoms with E-state index in [2.05, 4.69) is 27.4 Å². The standard InChI is InChI=1S/C13H15N5O/c1-2-8-15-17-12-14-10-18(13(19)16-12)9-11-6-4-3-5-7-11/h2-7,10,15H,1,8-9H2,(H,16,17,19). The van der Waals surface area contributed by atoms with E-state index in [0.29, 0.717) is 13.1 Å². The van der Waals surface area contributed by atoms with Gasteiger partial charge in [-0.15, -0.1) is 6.58 Å². The molecule has 0 bridgehead atoms. The normalized spacial score (nSPS) is 10.1. The van der Waals surface area contributed by atoms with Crippen molar-refractivity contribution >= 4 is 5.95 Å². The average Bonchev–Trinajstić information content (AvgIpc) is 2.43. The first kappa shape index (κ1) is 13.0. The molecule has 0 aliphatic carbocycles. The van der Waals surface area contributed by atoms with Crippen molar-refractivity contribution in [2.75, 3.05) is 12.0 Å². The van der Waals surface area contributed by atoms with Crippen LogP contribution in [0.15, 0.2) is 54.1 Å². The largest absolute Gasteiger partial charge is 0.352 e. The number of hydrazine groups is 1. The van der Waals surface area contributed by atoms with Gasteiger partial charge in [0.1, 0.15) is 6.33 Å². The van der Waals surface area contributed by atoms with Gasteiger partial charge in [0.05, 0.1) is 6.54 Å². The zero-order valence-electron chi connectivity index (χ0n) is 10.4. The van der Waals surface area contributed by atoms with E-state index in [-0.39, 0.29) is 11.6 Å². The highest BCUT2D eigenvalue weighted by atomic mass is 16.1. The van der Waals surface area contributed by atoms with Crippen LogP contribution in [-0.2, 0) is 6.54 Å². The molecule has 0 saturated heterocycles. The summed E-state index contributed by atoms with van der Waals surface area (Å²) in [5, 5.41) is 0. The summed E-state index contributed by atoms with van der Waals surface area (Å²) >= 11 is 0. The highest BCUT2D eigenvalue weighted by molar-refractivity contribution is 5.19. The molecule has 6 nitrogen and oxygen atoms in total. The van der Waals surface area contributed by atoms with E-state index in [9.17, 15) is 4.79 Å². The van der Waals surface area contributed by atoms with Gasteiger partial charge in [-0.2, -0.15) is 4.98 Å². The summed E-state index contributed by atoms with van der Waals surface area (Å²) in [5.74, 6) is 0.246. The summed E-state index contributed by atoms with van der Waals surface area (Å²) in [7, 11) is 0. The minimum atomic E-state index is -0.346. The number of hydrogen-bond acceptors (Lipinski definition) is 5. The van der Waals surface area contributed by atoms with Crippen molar-refractivity contribution in [1.82, 2.24) is 20.0 Å². The zero-order chi connectivity index (χ0) is 13.5. The molecule has 0 spiro atoms. The number of anilines is 1. The molecule has 1 heterocycles. The Morgan fingerprint density at radius 2 is 2.11 bits per heavy atom. The van der Waals surface area contributed by atoms with E-state index in [4.69, 9.17) is 0 Å². The highest BCUT2D eigenvalue weighted by Crippen LogP contribution is 2.00. The molecule has 6 heteroatoms. The van der Waals surface area contributed by atoms with Crippen molar-refractivity contribution in [2.45, 2.75) is 6.54 Å². The van der Waals surface area contributed by atoms with E-state index in [1.807, 2.05) is 30.3 Å². The molecule has 2 N–H and O–H groups in total. The quantitative estimate of drug-likeness (QED) is 0.455. The zero-order valence-corrected chi connectivity index (χ0v) is 10.4. The minimum Gasteiger partial charge on any atom is -0.289 e. The monoisotopic (exact) mass is 257 g/mol. The van der Waals surface area contributed by atoms with Crippen molar-refractivity contribution in [3.63, 3.8) is 0 Å². The summed E-state index contributed by atoms with van der Waals surface area (Å²) in [6.45, 7) is 4.57. The molecule has 0 atom stereocenters. The Morgan fingerprint density at radius 1 is 1.32 bits per heavy atom. The number of hydrogen-bond donors (Lipinski definition) is 2. The maximum Gasteiger partial charge on any atom is 0.352 e. The Hall–Kier alpha value is -2.47. The third-order valence-electron chi connectivity index (χ3n) is 2.41. The lowest BCUT2D eigenvalue weighted by Crippen LogP contribution is -2.29. The maximum atomic E-state index is 11.8. The molecule has 0 aliphatic rings. The van der Waals surface area contributed by atoms with Gasteiger partial charge in [0.25, 0.3) is 0 Å². The molecule has 2 aromatic rings. The van der Waals surface area contributed by atoms with E-state index < -0.39 is 0 Å². The third kappa shape index (κ3) is 3.75. The fraction of sp³-hybridized carbons (Fsp3) is 0.154. The molecule has 98 valence electrons. The summed E-state index contributed by atoms with van der Waals surface area (Å²) in [5.41, 5.74) is 6.21. The van der Waals surface area contributed by atoms with Crippen LogP contribution in [0.4, 0.5) is 5.95 Å². The first-order chi connectivity index (χ1) is 9.29. The molecule has 0 saturated carbocycles. The second-order valence-corrected chi connectivity index (χ2v) is 3.87. The van der Waals surface area contributed by atoms with Gasteiger partial charge in [-0.05, 0) is 5.56 Å². The fourth-order valence-electron chi connectivity index (χ4n) is 1.51. The van der Waals surface area contributed by atoms with Crippen LogP contribution < -0.4 is 16.5 Å². The molecule has 2 rings (SSSR count). The summed E-state index contributed by atoms with van der Waals surface area (Å²) in [4.78, 5) is 19.7. The molecule has 19 heavy (non-hydrogen) atoms. The predicted octanol–water partition coefficient (Wildman–Crippen LogP) is 0.789. The van der Waals surface area contributed by atoms with Crippen LogP contribution in [0.25, 0.3) is 0 Å². The van der Waals surface area contributed by atoms with Gasteiger partial charge in [0.2, 0.25) is 5.95 Å². The first-order valence-electron chi connectivity index (χ1n) is 5.87. The summed E-state index contributed by atoms with van der Waals surface area (Å²) in [6.07, 6.45) is 3.16. The van der Waals surface area contributed by atoms with Gasteiger partial charge in [-0.1, -0.05) is 36.4 Å². The lowest BCUT2D eigenvalue weighted by molar-refractivity contribution is 0.696. The topological polar surface area (TPSA) is 71.8 Å². The predicted molar refractivity (Wildman–Crippen MR) is 73.7 cm³/mol. The Bertz CT molecular complexity index is 593. The second kappa shape index (κ2) is 6.46. The first-order valence-corrected chi connectivity index (χ1v) is 5.87. The number of aromatic nitrogens is 3.